The van der Waals surface area contributed by atoms with E-state index in [9.17, 15) is 26.4 Å². The summed E-state index contributed by atoms with van der Waals surface area (Å²) in [5.74, 6) is 0. The van der Waals surface area contributed by atoms with E-state index in [1.807, 2.05) is 6.07 Å². The van der Waals surface area contributed by atoms with Crippen LogP contribution in [0.5, 0.6) is 0 Å². The molecule has 2 aromatic rings. The number of aromatic nitrogens is 2. The van der Waals surface area contributed by atoms with Crippen LogP contribution in [0.1, 0.15) is 37.7 Å². The zero-order valence-electron chi connectivity index (χ0n) is 19.0. The molecule has 2 saturated carbocycles. The Morgan fingerprint density at radius 2 is 2.00 bits per heavy atom. The number of methoxy groups -OCH3 is 1. The minimum Gasteiger partial charge on any atom is -0.465 e. The number of hydrogen-bond donors (Lipinski definition) is 2. The van der Waals surface area contributed by atoms with Gasteiger partial charge in [-0.2, -0.15) is 23.5 Å². The van der Waals surface area contributed by atoms with Gasteiger partial charge in [-0.1, -0.05) is 6.07 Å². The molecule has 0 spiro atoms. The van der Waals surface area contributed by atoms with Gasteiger partial charge >= 0.3 is 12.3 Å². The average Bonchev–Trinajstić information content (AvgIpc) is 3.18. The molecular formula is C22H25F3N4O5S. The molecule has 35 heavy (non-hydrogen) atoms. The fourth-order valence-corrected chi connectivity index (χ4v) is 5.93. The zero-order valence-corrected chi connectivity index (χ0v) is 19.9. The van der Waals surface area contributed by atoms with Crippen LogP contribution in [0.15, 0.2) is 35.5 Å². The number of carbonyl (C=O) groups is 1. The maximum atomic E-state index is 13.6. The smallest absolute Gasteiger partial charge is 0.417 e. The maximum Gasteiger partial charge on any atom is 0.417 e. The standard InChI is InChI=1S/C17H19F3N2O3S.C5H6N2O2/c1-22-10-12(9-21-22)11-3-6-16(15(7-11)17(18,19)20)26(23,24)14-5-4-13(8-14)25-2;6-3-5(1-2-5)7-4(8)9/h3,6-7,9-10,13-14H,4-5,8H2,1-2H3;7H,1-2H2,(H,8,9)/t13-,14-;/m0./s1. The summed E-state index contributed by atoms with van der Waals surface area (Å²) in [6.45, 7) is 0. The van der Waals surface area contributed by atoms with E-state index in [1.54, 1.807) is 13.2 Å². The highest BCUT2D eigenvalue weighted by Crippen LogP contribution is 2.40. The second-order valence-corrected chi connectivity index (χ2v) is 10.8. The van der Waals surface area contributed by atoms with E-state index in [2.05, 4.69) is 10.4 Å². The summed E-state index contributed by atoms with van der Waals surface area (Å²) in [7, 11) is -0.982. The van der Waals surface area contributed by atoms with Crippen LogP contribution in [0.25, 0.3) is 11.1 Å². The molecule has 2 fully saturated rings. The lowest BCUT2D eigenvalue weighted by molar-refractivity contribution is -0.139. The highest BCUT2D eigenvalue weighted by molar-refractivity contribution is 7.92. The monoisotopic (exact) mass is 514 g/mol. The van der Waals surface area contributed by atoms with E-state index in [-0.39, 0.29) is 18.1 Å². The Bertz CT molecular complexity index is 1230. The van der Waals surface area contributed by atoms with Crippen molar-refractivity contribution in [1.29, 1.82) is 5.26 Å². The van der Waals surface area contributed by atoms with Crippen LogP contribution < -0.4 is 5.32 Å². The number of nitrogens with one attached hydrogen (secondary N) is 1. The van der Waals surface area contributed by atoms with Crippen LogP contribution in [0.4, 0.5) is 18.0 Å². The predicted molar refractivity (Wildman–Crippen MR) is 118 cm³/mol. The minimum absolute atomic E-state index is 0.209. The van der Waals surface area contributed by atoms with Crippen molar-refractivity contribution in [3.8, 4) is 17.2 Å². The summed E-state index contributed by atoms with van der Waals surface area (Å²) in [5.41, 5.74) is -1.11. The molecular weight excluding hydrogens is 489 g/mol. The Morgan fingerprint density at radius 3 is 2.43 bits per heavy atom. The molecule has 1 aromatic heterocycles. The van der Waals surface area contributed by atoms with E-state index >= 15 is 0 Å². The molecule has 13 heteroatoms. The molecule has 2 N–H and O–H groups in total. The summed E-state index contributed by atoms with van der Waals surface area (Å²) in [5, 5.41) is 21.7. The van der Waals surface area contributed by atoms with Crippen molar-refractivity contribution in [3.63, 3.8) is 0 Å². The highest BCUT2D eigenvalue weighted by Gasteiger charge is 2.45. The van der Waals surface area contributed by atoms with Crippen molar-refractivity contribution in [1.82, 2.24) is 15.1 Å². The third-order valence-electron chi connectivity index (χ3n) is 6.05. The number of rotatable bonds is 5. The lowest BCUT2D eigenvalue weighted by Gasteiger charge is -2.18. The molecule has 2 aliphatic rings. The third-order valence-corrected chi connectivity index (χ3v) is 8.32. The SMILES string of the molecule is CO[C@H]1CC[C@H](S(=O)(=O)c2ccc(-c3cnn(C)c3)cc2C(F)(F)F)C1.N#CC1(NC(=O)O)CC1. The van der Waals surface area contributed by atoms with Crippen LogP contribution in [-0.4, -0.2) is 53.4 Å². The molecule has 0 unspecified atom stereocenters. The Morgan fingerprint density at radius 1 is 1.31 bits per heavy atom. The fraction of sp³-hybridized carbons (Fsp3) is 0.500. The number of ether oxygens (including phenoxy) is 1. The number of halogens is 3. The van der Waals surface area contributed by atoms with Gasteiger partial charge in [0.25, 0.3) is 0 Å². The summed E-state index contributed by atoms with van der Waals surface area (Å²) in [6.07, 6.45) is -0.801. The van der Waals surface area contributed by atoms with Gasteiger partial charge in [-0.15, -0.1) is 0 Å². The second-order valence-electron chi connectivity index (χ2n) is 8.57. The molecule has 190 valence electrons. The average molecular weight is 515 g/mol. The number of nitrogens with zero attached hydrogens (tertiary/aromatic N) is 3. The first-order chi connectivity index (χ1) is 16.3. The second kappa shape index (κ2) is 9.87. The molecule has 0 radical (unpaired) electrons. The Labute approximate surface area is 200 Å². The van der Waals surface area contributed by atoms with Gasteiger partial charge in [0, 0.05) is 25.9 Å². The Kier molecular flexibility index (Phi) is 7.47. The van der Waals surface area contributed by atoms with Gasteiger partial charge in [0.15, 0.2) is 9.84 Å². The number of nitriles is 1. The molecule has 4 rings (SSSR count). The Balaban J connectivity index is 0.000000320. The Hall–Kier alpha value is -3.11. The lowest BCUT2D eigenvalue weighted by atomic mass is 10.1. The van der Waals surface area contributed by atoms with E-state index in [4.69, 9.17) is 15.1 Å². The highest BCUT2D eigenvalue weighted by atomic mass is 32.2. The van der Waals surface area contributed by atoms with Crippen molar-refractivity contribution in [2.45, 2.75) is 60.1 Å². The molecule has 0 bridgehead atoms. The van der Waals surface area contributed by atoms with E-state index in [0.717, 1.165) is 12.1 Å². The molecule has 1 amide bonds. The predicted octanol–water partition coefficient (Wildman–Crippen LogP) is 3.76. The number of hydrogen-bond acceptors (Lipinski definition) is 6. The van der Waals surface area contributed by atoms with Gasteiger partial charge < -0.3 is 15.2 Å². The van der Waals surface area contributed by atoms with Crippen molar-refractivity contribution >= 4 is 15.9 Å². The van der Waals surface area contributed by atoms with Gasteiger partial charge in [-0.05, 0) is 49.8 Å². The van der Waals surface area contributed by atoms with Crippen molar-refractivity contribution in [2.75, 3.05) is 7.11 Å². The van der Waals surface area contributed by atoms with Crippen molar-refractivity contribution in [2.24, 2.45) is 7.05 Å². The first kappa shape index (κ1) is 26.5. The molecule has 2 aliphatic carbocycles. The summed E-state index contributed by atoms with van der Waals surface area (Å²) >= 11 is 0. The van der Waals surface area contributed by atoms with Crippen LogP contribution in [-0.2, 0) is 27.8 Å². The molecule has 0 saturated heterocycles. The normalized spacial score (nSPS) is 20.9. The number of carboxylic acid groups (broad SMARTS) is 1. The van der Waals surface area contributed by atoms with Gasteiger partial charge in [0.05, 0.1) is 34.1 Å². The molecule has 1 heterocycles. The van der Waals surface area contributed by atoms with E-state index in [1.165, 1.54) is 24.1 Å². The maximum absolute atomic E-state index is 13.6. The molecule has 0 aliphatic heterocycles. The largest absolute Gasteiger partial charge is 0.465 e. The first-order valence-corrected chi connectivity index (χ1v) is 12.3. The zero-order chi connectivity index (χ0) is 26.0. The van der Waals surface area contributed by atoms with Crippen LogP contribution in [0, 0.1) is 11.3 Å². The summed E-state index contributed by atoms with van der Waals surface area (Å²) < 4.78 is 73.1. The van der Waals surface area contributed by atoms with Gasteiger partial charge in [-0.3, -0.25) is 4.68 Å². The number of sulfone groups is 1. The lowest BCUT2D eigenvalue weighted by Crippen LogP contribution is -2.33. The van der Waals surface area contributed by atoms with E-state index in [0.29, 0.717) is 31.2 Å². The first-order valence-electron chi connectivity index (χ1n) is 10.7. The summed E-state index contributed by atoms with van der Waals surface area (Å²) in [6, 6.07) is 5.22. The van der Waals surface area contributed by atoms with Crippen molar-refractivity contribution < 1.29 is 36.2 Å². The topological polar surface area (TPSA) is 134 Å². The van der Waals surface area contributed by atoms with E-state index < -0.39 is 43.4 Å². The molecule has 9 nitrogen and oxygen atoms in total. The fourth-order valence-electron chi connectivity index (χ4n) is 3.92. The third kappa shape index (κ3) is 6.12. The van der Waals surface area contributed by atoms with Gasteiger partial charge in [-0.25, -0.2) is 13.2 Å². The molecule has 1 aromatic carbocycles. The number of amides is 1. The number of alkyl halides is 3. The number of benzene rings is 1. The minimum atomic E-state index is -4.78. The van der Waals surface area contributed by atoms with Gasteiger partial charge in [0.1, 0.15) is 5.54 Å². The molecule has 2 atom stereocenters. The summed E-state index contributed by atoms with van der Waals surface area (Å²) in [4.78, 5) is 9.28. The van der Waals surface area contributed by atoms with Gasteiger partial charge in [0.2, 0.25) is 0 Å². The van der Waals surface area contributed by atoms with Crippen LogP contribution in [0.3, 0.4) is 0 Å². The van der Waals surface area contributed by atoms with Crippen molar-refractivity contribution in [3.05, 3.63) is 36.2 Å². The number of aryl methyl sites for hydroxylation is 1. The van der Waals surface area contributed by atoms with Crippen LogP contribution >= 0.6 is 0 Å². The van der Waals surface area contributed by atoms with Crippen LogP contribution in [0.2, 0.25) is 0 Å². The quantitative estimate of drug-likeness (QED) is 0.620.